The zero-order valence-electron chi connectivity index (χ0n) is 21.7. The van der Waals surface area contributed by atoms with Crippen LogP contribution in [0.5, 0.6) is 5.75 Å². The minimum atomic E-state index is -0.713. The summed E-state index contributed by atoms with van der Waals surface area (Å²) in [5.41, 5.74) is 3.44. The van der Waals surface area contributed by atoms with Gasteiger partial charge < -0.3 is 15.0 Å². The van der Waals surface area contributed by atoms with E-state index in [9.17, 15) is 9.59 Å². The molecule has 190 valence electrons. The van der Waals surface area contributed by atoms with Crippen LogP contribution in [0.15, 0.2) is 72.8 Å². The van der Waals surface area contributed by atoms with Gasteiger partial charge in [0.25, 0.3) is 5.91 Å². The number of amides is 2. The van der Waals surface area contributed by atoms with E-state index in [0.717, 1.165) is 22.3 Å². The first kappa shape index (κ1) is 27.3. The molecule has 0 saturated carbocycles. The van der Waals surface area contributed by atoms with Crippen LogP contribution in [0.1, 0.15) is 43.0 Å². The Morgan fingerprint density at radius 3 is 2.28 bits per heavy atom. The lowest BCUT2D eigenvalue weighted by molar-refractivity contribution is -0.143. The number of rotatable bonds is 9. The summed E-state index contributed by atoms with van der Waals surface area (Å²) in [7, 11) is 0. The third-order valence-electron chi connectivity index (χ3n) is 5.70. The average molecular weight is 507 g/mol. The van der Waals surface area contributed by atoms with E-state index < -0.39 is 11.6 Å². The molecule has 0 unspecified atom stereocenters. The maximum absolute atomic E-state index is 13.7. The first-order valence-corrected chi connectivity index (χ1v) is 12.5. The number of nitrogens with zero attached hydrogens (tertiary/aromatic N) is 1. The number of hydrogen-bond acceptors (Lipinski definition) is 3. The Bertz CT molecular complexity index is 1190. The lowest BCUT2D eigenvalue weighted by Crippen LogP contribution is -2.55. The second-order valence-electron chi connectivity index (χ2n) is 10.2. The summed E-state index contributed by atoms with van der Waals surface area (Å²) < 4.78 is 5.85. The topological polar surface area (TPSA) is 58.6 Å². The summed E-state index contributed by atoms with van der Waals surface area (Å²) in [6.45, 7) is 9.79. The van der Waals surface area contributed by atoms with Crippen LogP contribution in [0.3, 0.4) is 0 Å². The highest BCUT2D eigenvalue weighted by atomic mass is 35.5. The Morgan fingerprint density at radius 2 is 1.64 bits per heavy atom. The van der Waals surface area contributed by atoms with E-state index in [1.54, 1.807) is 23.1 Å². The van der Waals surface area contributed by atoms with Gasteiger partial charge in [-0.15, -0.1) is 0 Å². The number of benzene rings is 3. The molecule has 0 aliphatic heterocycles. The number of carbonyl (C=O) groups is 2. The van der Waals surface area contributed by atoms with Crippen LogP contribution in [-0.4, -0.2) is 34.9 Å². The number of carbonyl (C=O) groups excluding carboxylic acids is 2. The van der Waals surface area contributed by atoms with Crippen LogP contribution >= 0.6 is 11.6 Å². The molecule has 3 aromatic carbocycles. The highest BCUT2D eigenvalue weighted by Crippen LogP contribution is 2.22. The van der Waals surface area contributed by atoms with Crippen molar-refractivity contribution in [2.45, 2.75) is 59.2 Å². The van der Waals surface area contributed by atoms with E-state index in [4.69, 9.17) is 16.3 Å². The number of aryl methyl sites for hydroxylation is 2. The van der Waals surface area contributed by atoms with Gasteiger partial charge in [0.1, 0.15) is 11.8 Å². The minimum Gasteiger partial charge on any atom is -0.484 e. The monoisotopic (exact) mass is 506 g/mol. The SMILES string of the molecule is Cc1cccc(CN(C(=O)COc2ccc(Cl)c(C)c2)[C@H](Cc2ccccc2)C(=O)NC(C)(C)C)c1. The summed E-state index contributed by atoms with van der Waals surface area (Å²) in [6.07, 6.45) is 0.389. The van der Waals surface area contributed by atoms with Gasteiger partial charge >= 0.3 is 0 Å². The lowest BCUT2D eigenvalue weighted by Gasteiger charge is -2.33. The molecule has 0 heterocycles. The van der Waals surface area contributed by atoms with E-state index in [1.165, 1.54) is 0 Å². The Morgan fingerprint density at radius 1 is 0.944 bits per heavy atom. The van der Waals surface area contributed by atoms with Crippen molar-refractivity contribution in [1.82, 2.24) is 10.2 Å². The normalized spacial score (nSPS) is 12.1. The van der Waals surface area contributed by atoms with E-state index >= 15 is 0 Å². The molecule has 0 spiro atoms. The Kier molecular flexibility index (Phi) is 9.16. The average Bonchev–Trinajstić information content (AvgIpc) is 2.81. The van der Waals surface area contributed by atoms with E-state index in [1.807, 2.05) is 89.2 Å². The van der Waals surface area contributed by atoms with Crippen LogP contribution in [0, 0.1) is 13.8 Å². The molecule has 1 atom stereocenters. The molecule has 6 heteroatoms. The molecule has 0 fully saturated rings. The molecule has 2 amide bonds. The third-order valence-corrected chi connectivity index (χ3v) is 6.12. The third kappa shape index (κ3) is 8.13. The minimum absolute atomic E-state index is 0.193. The summed E-state index contributed by atoms with van der Waals surface area (Å²) >= 11 is 6.13. The van der Waals surface area contributed by atoms with Crippen molar-refractivity contribution in [2.24, 2.45) is 0 Å². The van der Waals surface area contributed by atoms with Gasteiger partial charge in [-0.2, -0.15) is 0 Å². The van der Waals surface area contributed by atoms with Gasteiger partial charge in [-0.1, -0.05) is 71.8 Å². The number of hydrogen-bond donors (Lipinski definition) is 1. The molecule has 1 N–H and O–H groups in total. The highest BCUT2D eigenvalue weighted by Gasteiger charge is 2.32. The molecule has 3 aromatic rings. The van der Waals surface area contributed by atoms with E-state index in [2.05, 4.69) is 5.32 Å². The van der Waals surface area contributed by atoms with Gasteiger partial charge in [-0.05, 0) is 69.5 Å². The molecule has 0 aliphatic rings. The molecule has 5 nitrogen and oxygen atoms in total. The van der Waals surface area contributed by atoms with Crippen molar-refractivity contribution in [3.8, 4) is 5.75 Å². The van der Waals surface area contributed by atoms with Crippen molar-refractivity contribution < 1.29 is 14.3 Å². The number of nitrogens with one attached hydrogen (secondary N) is 1. The second kappa shape index (κ2) is 12.1. The van der Waals surface area contributed by atoms with E-state index in [0.29, 0.717) is 23.7 Å². The summed E-state index contributed by atoms with van der Waals surface area (Å²) in [6, 6.07) is 22.3. The van der Waals surface area contributed by atoms with Gasteiger partial charge in [-0.3, -0.25) is 9.59 Å². The standard InChI is InChI=1S/C30H35ClN2O3/c1-21-10-9-13-24(16-21)19-33(28(34)20-36-25-14-15-26(31)22(2)17-25)27(29(35)32-30(3,4)5)18-23-11-7-6-8-12-23/h6-17,27H,18-20H2,1-5H3,(H,32,35)/t27-/m1/s1. The molecular weight excluding hydrogens is 472 g/mol. The van der Waals surface area contributed by atoms with Crippen LogP contribution in [-0.2, 0) is 22.6 Å². The summed E-state index contributed by atoms with van der Waals surface area (Å²) in [5, 5.41) is 3.71. The van der Waals surface area contributed by atoms with E-state index in [-0.39, 0.29) is 18.4 Å². The van der Waals surface area contributed by atoms with Gasteiger partial charge in [0.05, 0.1) is 0 Å². The first-order valence-electron chi connectivity index (χ1n) is 12.1. The molecular formula is C30H35ClN2O3. The quantitative estimate of drug-likeness (QED) is 0.393. The van der Waals surface area contributed by atoms with Gasteiger partial charge in [0.15, 0.2) is 6.61 Å². The fourth-order valence-corrected chi connectivity index (χ4v) is 4.07. The van der Waals surface area contributed by atoms with Gasteiger partial charge in [0.2, 0.25) is 5.91 Å². The molecule has 0 saturated heterocycles. The molecule has 0 bridgehead atoms. The Hall–Kier alpha value is -3.31. The van der Waals surface area contributed by atoms with Gasteiger partial charge in [-0.25, -0.2) is 0 Å². The largest absolute Gasteiger partial charge is 0.484 e. The Labute approximate surface area is 219 Å². The zero-order valence-corrected chi connectivity index (χ0v) is 22.4. The van der Waals surface area contributed by atoms with Crippen LogP contribution in [0.2, 0.25) is 5.02 Å². The maximum atomic E-state index is 13.7. The number of ether oxygens (including phenoxy) is 1. The fourth-order valence-electron chi connectivity index (χ4n) is 3.95. The zero-order chi connectivity index (χ0) is 26.3. The van der Waals surface area contributed by atoms with Crippen LogP contribution in [0.4, 0.5) is 0 Å². The second-order valence-corrected chi connectivity index (χ2v) is 10.6. The molecule has 3 rings (SSSR count). The lowest BCUT2D eigenvalue weighted by atomic mass is 10.0. The Balaban J connectivity index is 1.93. The predicted molar refractivity (Wildman–Crippen MR) is 145 cm³/mol. The maximum Gasteiger partial charge on any atom is 0.261 e. The molecule has 36 heavy (non-hydrogen) atoms. The first-order chi connectivity index (χ1) is 17.0. The smallest absolute Gasteiger partial charge is 0.261 e. The van der Waals surface area contributed by atoms with Gasteiger partial charge in [0, 0.05) is 23.5 Å². The summed E-state index contributed by atoms with van der Waals surface area (Å²) in [4.78, 5) is 28.8. The molecule has 0 radical (unpaired) electrons. The molecule has 0 aliphatic carbocycles. The van der Waals surface area contributed by atoms with Crippen molar-refractivity contribution in [3.05, 3.63) is 100 Å². The van der Waals surface area contributed by atoms with Crippen molar-refractivity contribution in [2.75, 3.05) is 6.61 Å². The number of halogens is 1. The van der Waals surface area contributed by atoms with Crippen LogP contribution < -0.4 is 10.1 Å². The van der Waals surface area contributed by atoms with Crippen LogP contribution in [0.25, 0.3) is 0 Å². The van der Waals surface area contributed by atoms with Crippen molar-refractivity contribution in [1.29, 1.82) is 0 Å². The molecule has 0 aromatic heterocycles. The fraction of sp³-hybridized carbons (Fsp3) is 0.333. The predicted octanol–water partition coefficient (Wildman–Crippen LogP) is 5.89. The highest BCUT2D eigenvalue weighted by molar-refractivity contribution is 6.31. The van der Waals surface area contributed by atoms with Crippen molar-refractivity contribution >= 4 is 23.4 Å². The summed E-state index contributed by atoms with van der Waals surface area (Å²) in [5.74, 6) is 0.0864. The van der Waals surface area contributed by atoms with Crippen molar-refractivity contribution in [3.63, 3.8) is 0 Å².